The lowest BCUT2D eigenvalue weighted by atomic mass is 10.1. The van der Waals surface area contributed by atoms with E-state index in [1.165, 1.54) is 0 Å². The van der Waals surface area contributed by atoms with Crippen molar-refractivity contribution in [3.05, 3.63) is 66.6 Å². The van der Waals surface area contributed by atoms with E-state index in [1.807, 2.05) is 48.7 Å². The fourth-order valence-electron chi connectivity index (χ4n) is 3.30. The van der Waals surface area contributed by atoms with Crippen LogP contribution in [-0.4, -0.2) is 39.3 Å². The van der Waals surface area contributed by atoms with Crippen LogP contribution in [0.4, 0.5) is 4.79 Å². The molecule has 4 rings (SSSR count). The Bertz CT molecular complexity index is 987. The van der Waals surface area contributed by atoms with Crippen LogP contribution in [0.1, 0.15) is 18.4 Å². The van der Waals surface area contributed by atoms with Crippen LogP contribution in [0.15, 0.2) is 61.1 Å². The lowest BCUT2D eigenvalue weighted by Crippen LogP contribution is -2.52. The second-order valence-electron chi connectivity index (χ2n) is 6.83. The third-order valence-electron chi connectivity index (χ3n) is 4.79. The first kappa shape index (κ1) is 18.7. The van der Waals surface area contributed by atoms with Gasteiger partial charge in [-0.25, -0.2) is 9.48 Å². The van der Waals surface area contributed by atoms with Crippen molar-refractivity contribution in [2.45, 2.75) is 25.4 Å². The summed E-state index contributed by atoms with van der Waals surface area (Å²) in [4.78, 5) is 28.2. The van der Waals surface area contributed by atoms with Crippen LogP contribution >= 0.6 is 0 Å². The van der Waals surface area contributed by atoms with Crippen LogP contribution in [0.3, 0.4) is 0 Å². The van der Waals surface area contributed by atoms with Crippen LogP contribution in [0, 0.1) is 0 Å². The summed E-state index contributed by atoms with van der Waals surface area (Å²) in [6, 6.07) is 12.7. The summed E-state index contributed by atoms with van der Waals surface area (Å²) >= 11 is 0. The van der Waals surface area contributed by atoms with E-state index in [2.05, 4.69) is 20.9 Å². The van der Waals surface area contributed by atoms with Crippen molar-refractivity contribution in [1.82, 2.24) is 30.7 Å². The van der Waals surface area contributed by atoms with E-state index >= 15 is 0 Å². The van der Waals surface area contributed by atoms with Gasteiger partial charge in [-0.15, -0.1) is 0 Å². The Balaban J connectivity index is 1.52. The van der Waals surface area contributed by atoms with E-state index in [0.717, 1.165) is 28.9 Å². The van der Waals surface area contributed by atoms with Crippen LogP contribution in [-0.2, 0) is 11.3 Å². The van der Waals surface area contributed by atoms with Gasteiger partial charge >= 0.3 is 6.03 Å². The Morgan fingerprint density at radius 1 is 1.17 bits per heavy atom. The number of aromatic nitrogens is 3. The lowest BCUT2D eigenvalue weighted by Gasteiger charge is -2.22. The molecule has 29 heavy (non-hydrogen) atoms. The van der Waals surface area contributed by atoms with Crippen LogP contribution in [0.25, 0.3) is 16.9 Å². The molecule has 0 spiro atoms. The quantitative estimate of drug-likeness (QED) is 0.620. The summed E-state index contributed by atoms with van der Waals surface area (Å²) in [5.74, 6) is -0.138. The molecule has 148 valence electrons. The summed E-state index contributed by atoms with van der Waals surface area (Å²) in [7, 11) is 0. The molecule has 3 N–H and O–H groups in total. The molecule has 1 aliphatic heterocycles. The second-order valence-corrected chi connectivity index (χ2v) is 6.83. The molecule has 3 aromatic rings. The Morgan fingerprint density at radius 2 is 1.97 bits per heavy atom. The number of pyridine rings is 1. The van der Waals surface area contributed by atoms with Gasteiger partial charge in [0.25, 0.3) is 0 Å². The summed E-state index contributed by atoms with van der Waals surface area (Å²) in [5, 5.41) is 13.1. The molecule has 3 amide bonds. The zero-order valence-corrected chi connectivity index (χ0v) is 15.8. The number of para-hydroxylation sites is 1. The number of carbonyl (C=O) groups is 2. The van der Waals surface area contributed by atoms with Crippen LogP contribution < -0.4 is 16.0 Å². The third-order valence-corrected chi connectivity index (χ3v) is 4.79. The zero-order chi connectivity index (χ0) is 20.1. The molecule has 1 fully saturated rings. The minimum atomic E-state index is -0.490. The molecular weight excluding hydrogens is 368 g/mol. The van der Waals surface area contributed by atoms with Crippen molar-refractivity contribution in [3.8, 4) is 16.9 Å². The van der Waals surface area contributed by atoms with E-state index in [0.29, 0.717) is 13.0 Å². The highest BCUT2D eigenvalue weighted by atomic mass is 16.2. The maximum Gasteiger partial charge on any atom is 0.315 e. The molecule has 0 unspecified atom stereocenters. The topological polar surface area (TPSA) is 101 Å². The Kier molecular flexibility index (Phi) is 5.51. The number of benzene rings is 1. The van der Waals surface area contributed by atoms with Gasteiger partial charge < -0.3 is 16.0 Å². The van der Waals surface area contributed by atoms with Crippen molar-refractivity contribution in [2.24, 2.45) is 0 Å². The Hall–Kier alpha value is -3.68. The monoisotopic (exact) mass is 390 g/mol. The number of rotatable bonds is 5. The number of piperidine rings is 1. The number of nitrogens with one attached hydrogen (secondary N) is 3. The largest absolute Gasteiger partial charge is 0.354 e. The lowest BCUT2D eigenvalue weighted by molar-refractivity contribution is -0.124. The highest BCUT2D eigenvalue weighted by molar-refractivity contribution is 5.87. The van der Waals surface area contributed by atoms with E-state index < -0.39 is 6.04 Å². The van der Waals surface area contributed by atoms with E-state index in [4.69, 9.17) is 5.10 Å². The molecule has 8 heteroatoms. The van der Waals surface area contributed by atoms with Gasteiger partial charge in [-0.1, -0.05) is 18.2 Å². The maximum absolute atomic E-state index is 12.3. The van der Waals surface area contributed by atoms with Crippen LogP contribution in [0.2, 0.25) is 0 Å². The molecule has 1 saturated heterocycles. The molecule has 1 aromatic carbocycles. The average Bonchev–Trinajstić information content (AvgIpc) is 3.20. The van der Waals surface area contributed by atoms with Crippen molar-refractivity contribution >= 4 is 11.9 Å². The standard InChI is InChI=1S/C21H22N6O2/c28-20-18(7-4-10-23-20)25-21(29)24-13-16-14-27(17-5-2-1-3-6-17)26-19(16)15-8-11-22-12-9-15/h1-3,5-6,8-9,11-12,14,18H,4,7,10,13H2,(H,23,28)(H2,24,25,29)/t18-/m0/s1. The normalized spacial score (nSPS) is 16.1. The number of nitrogens with zero attached hydrogens (tertiary/aromatic N) is 3. The summed E-state index contributed by atoms with van der Waals surface area (Å²) in [5.41, 5.74) is 3.48. The van der Waals surface area contributed by atoms with Crippen LogP contribution in [0.5, 0.6) is 0 Å². The fraction of sp³-hybridized carbons (Fsp3) is 0.238. The van der Waals surface area contributed by atoms with Gasteiger partial charge in [0.05, 0.1) is 11.4 Å². The first-order chi connectivity index (χ1) is 14.2. The van der Waals surface area contributed by atoms with E-state index in [1.54, 1.807) is 17.1 Å². The van der Waals surface area contributed by atoms with Gasteiger partial charge in [0.1, 0.15) is 6.04 Å². The van der Waals surface area contributed by atoms with Gasteiger partial charge in [0, 0.05) is 42.8 Å². The molecule has 1 atom stereocenters. The SMILES string of the molecule is O=C(NCc1cn(-c2ccccc2)nc1-c1ccncc1)N[C@H]1CCCNC1=O. The molecule has 0 saturated carbocycles. The predicted octanol–water partition coefficient (Wildman–Crippen LogP) is 2.01. The third kappa shape index (κ3) is 4.43. The van der Waals surface area contributed by atoms with Gasteiger partial charge in [0.2, 0.25) is 5.91 Å². The maximum atomic E-state index is 12.3. The van der Waals surface area contributed by atoms with Crippen molar-refractivity contribution in [2.75, 3.05) is 6.54 Å². The molecule has 8 nitrogen and oxygen atoms in total. The second kappa shape index (κ2) is 8.55. The van der Waals surface area contributed by atoms with Gasteiger partial charge in [0.15, 0.2) is 0 Å². The molecule has 0 aliphatic carbocycles. The highest BCUT2D eigenvalue weighted by Gasteiger charge is 2.23. The molecule has 0 bridgehead atoms. The summed E-state index contributed by atoms with van der Waals surface area (Å²) in [6.45, 7) is 0.942. The molecule has 2 aromatic heterocycles. The average molecular weight is 390 g/mol. The van der Waals surface area contributed by atoms with E-state index in [-0.39, 0.29) is 18.5 Å². The van der Waals surface area contributed by atoms with Gasteiger partial charge in [-0.2, -0.15) is 5.10 Å². The minimum absolute atomic E-state index is 0.138. The molecule has 0 radical (unpaired) electrons. The van der Waals surface area contributed by atoms with Crippen molar-refractivity contribution in [1.29, 1.82) is 0 Å². The highest BCUT2D eigenvalue weighted by Crippen LogP contribution is 2.23. The zero-order valence-electron chi connectivity index (χ0n) is 15.8. The first-order valence-electron chi connectivity index (χ1n) is 9.57. The number of hydrogen-bond acceptors (Lipinski definition) is 4. The number of carbonyl (C=O) groups excluding carboxylic acids is 2. The summed E-state index contributed by atoms with van der Waals surface area (Å²) < 4.78 is 1.79. The van der Waals surface area contributed by atoms with Gasteiger partial charge in [-0.3, -0.25) is 9.78 Å². The number of hydrogen-bond donors (Lipinski definition) is 3. The first-order valence-corrected chi connectivity index (χ1v) is 9.57. The summed E-state index contributed by atoms with van der Waals surface area (Å²) in [6.07, 6.45) is 6.82. The van der Waals surface area contributed by atoms with E-state index in [9.17, 15) is 9.59 Å². The minimum Gasteiger partial charge on any atom is -0.354 e. The molecular formula is C21H22N6O2. The predicted molar refractivity (Wildman–Crippen MR) is 108 cm³/mol. The van der Waals surface area contributed by atoms with Gasteiger partial charge in [-0.05, 0) is 37.1 Å². The Morgan fingerprint density at radius 3 is 2.72 bits per heavy atom. The number of urea groups is 1. The van der Waals surface area contributed by atoms with Crippen molar-refractivity contribution < 1.29 is 9.59 Å². The smallest absolute Gasteiger partial charge is 0.315 e. The fourth-order valence-corrected chi connectivity index (χ4v) is 3.30. The van der Waals surface area contributed by atoms with Crippen molar-refractivity contribution in [3.63, 3.8) is 0 Å². The number of amides is 3. The molecule has 1 aliphatic rings. The molecule has 3 heterocycles. The Labute approximate surface area is 168 Å².